The van der Waals surface area contributed by atoms with E-state index in [1.54, 1.807) is 0 Å². The average Bonchev–Trinajstić information content (AvgIpc) is 2.91. The lowest BCUT2D eigenvalue weighted by Crippen LogP contribution is -1.97. The smallest absolute Gasteiger partial charge is 0.219 e. The van der Waals surface area contributed by atoms with Crippen LogP contribution in [-0.4, -0.2) is 16.0 Å². The minimum absolute atomic E-state index is 0.128. The molecule has 4 aromatic rings. The van der Waals surface area contributed by atoms with E-state index in [2.05, 4.69) is 69.3 Å². The van der Waals surface area contributed by atoms with Gasteiger partial charge in [0.15, 0.2) is 0 Å². The van der Waals surface area contributed by atoms with E-state index in [0.717, 1.165) is 23.3 Å². The van der Waals surface area contributed by atoms with Crippen LogP contribution in [-0.2, 0) is 6.42 Å². The van der Waals surface area contributed by atoms with Gasteiger partial charge in [-0.1, -0.05) is 144 Å². The van der Waals surface area contributed by atoms with Crippen LogP contribution in [0.1, 0.15) is 55.1 Å². The zero-order valence-corrected chi connectivity index (χ0v) is 22.6. The molecule has 4 aromatic carbocycles. The summed E-state index contributed by atoms with van der Waals surface area (Å²) in [6.45, 7) is 6.21. The lowest BCUT2D eigenvalue weighted by atomic mass is 10.1. The maximum Gasteiger partial charge on any atom is 0.219 e. The standard InChI is InChI=1S/2C16H16OS/c1-12-8-10-14(11-9-12)13(2)18-16(17)15-6-4-3-5-7-15;1-13-7-9-14(10-8-13)11-12-18-16(17)15-5-3-2-4-6-15/h3-11,13H,1-2H3;2-10H,11-12H2,1H3. The van der Waals surface area contributed by atoms with Crippen molar-refractivity contribution in [2.45, 2.75) is 32.4 Å². The molecule has 0 saturated carbocycles. The number of hydrogen-bond donors (Lipinski definition) is 0. The summed E-state index contributed by atoms with van der Waals surface area (Å²) in [6.07, 6.45) is 0.934. The molecule has 0 heterocycles. The molecule has 0 aliphatic rings. The van der Waals surface area contributed by atoms with Gasteiger partial charge in [-0.2, -0.15) is 0 Å². The molecule has 184 valence electrons. The first kappa shape index (κ1) is 27.5. The van der Waals surface area contributed by atoms with E-state index in [9.17, 15) is 9.59 Å². The molecular formula is C32H32O2S2. The van der Waals surface area contributed by atoms with Gasteiger partial charge in [-0.3, -0.25) is 9.59 Å². The monoisotopic (exact) mass is 512 g/mol. The van der Waals surface area contributed by atoms with Crippen molar-refractivity contribution in [1.29, 1.82) is 0 Å². The largest absolute Gasteiger partial charge is 0.282 e. The predicted octanol–water partition coefficient (Wildman–Crippen LogP) is 8.74. The van der Waals surface area contributed by atoms with E-state index in [0.29, 0.717) is 0 Å². The summed E-state index contributed by atoms with van der Waals surface area (Å²) in [4.78, 5) is 23.9. The van der Waals surface area contributed by atoms with E-state index in [4.69, 9.17) is 0 Å². The maximum absolute atomic E-state index is 12.1. The Morgan fingerprint density at radius 1 is 0.639 bits per heavy atom. The van der Waals surface area contributed by atoms with Crippen molar-refractivity contribution < 1.29 is 9.59 Å². The summed E-state index contributed by atoms with van der Waals surface area (Å²) in [5, 5.41) is 0.463. The van der Waals surface area contributed by atoms with Gasteiger partial charge >= 0.3 is 0 Å². The van der Waals surface area contributed by atoms with Crippen LogP contribution in [0.3, 0.4) is 0 Å². The highest BCUT2D eigenvalue weighted by Gasteiger charge is 2.13. The van der Waals surface area contributed by atoms with Crippen LogP contribution in [0.5, 0.6) is 0 Å². The van der Waals surface area contributed by atoms with Crippen LogP contribution in [0.15, 0.2) is 109 Å². The van der Waals surface area contributed by atoms with Gasteiger partial charge in [-0.25, -0.2) is 0 Å². The molecular weight excluding hydrogens is 480 g/mol. The molecule has 4 rings (SSSR count). The van der Waals surface area contributed by atoms with Gasteiger partial charge in [0, 0.05) is 22.1 Å². The number of thioether (sulfide) groups is 2. The first-order valence-electron chi connectivity index (χ1n) is 12.0. The lowest BCUT2D eigenvalue weighted by Gasteiger charge is -2.10. The summed E-state index contributed by atoms with van der Waals surface area (Å²) in [7, 11) is 0. The zero-order valence-electron chi connectivity index (χ0n) is 21.0. The van der Waals surface area contributed by atoms with Crippen molar-refractivity contribution in [3.8, 4) is 0 Å². The topological polar surface area (TPSA) is 34.1 Å². The number of benzene rings is 4. The fraction of sp³-hybridized carbons (Fsp3) is 0.188. The molecule has 0 bridgehead atoms. The van der Waals surface area contributed by atoms with E-state index < -0.39 is 0 Å². The number of carbonyl (C=O) groups is 2. The molecule has 0 aliphatic carbocycles. The fourth-order valence-corrected chi connectivity index (χ4v) is 5.09. The van der Waals surface area contributed by atoms with E-state index >= 15 is 0 Å². The van der Waals surface area contributed by atoms with E-state index in [1.165, 1.54) is 45.8 Å². The van der Waals surface area contributed by atoms with Crippen molar-refractivity contribution in [2.24, 2.45) is 0 Å². The molecule has 0 aromatic heterocycles. The summed E-state index contributed by atoms with van der Waals surface area (Å²) < 4.78 is 0. The molecule has 1 unspecified atom stereocenters. The zero-order chi connectivity index (χ0) is 25.8. The van der Waals surface area contributed by atoms with Crippen molar-refractivity contribution in [3.05, 3.63) is 143 Å². The van der Waals surface area contributed by atoms with Crippen LogP contribution in [0, 0.1) is 13.8 Å². The van der Waals surface area contributed by atoms with Crippen molar-refractivity contribution in [3.63, 3.8) is 0 Å². The Hall–Kier alpha value is -3.08. The molecule has 0 fully saturated rings. The normalized spacial score (nSPS) is 11.2. The Labute approximate surface area is 223 Å². The van der Waals surface area contributed by atoms with Gasteiger partial charge in [0.05, 0.1) is 0 Å². The Bertz CT molecular complexity index is 1220. The Balaban J connectivity index is 0.000000201. The highest BCUT2D eigenvalue weighted by molar-refractivity contribution is 8.14. The van der Waals surface area contributed by atoms with Gasteiger partial charge < -0.3 is 0 Å². The fourth-order valence-electron chi connectivity index (χ4n) is 3.38. The van der Waals surface area contributed by atoms with E-state index in [1.807, 2.05) is 60.7 Å². The Kier molecular flexibility index (Phi) is 11.1. The van der Waals surface area contributed by atoms with Gasteiger partial charge in [0.1, 0.15) is 0 Å². The average molecular weight is 513 g/mol. The number of aryl methyl sites for hydroxylation is 3. The van der Waals surface area contributed by atoms with Gasteiger partial charge in [0.25, 0.3) is 0 Å². The molecule has 2 nitrogen and oxygen atoms in total. The molecule has 36 heavy (non-hydrogen) atoms. The number of hydrogen-bond acceptors (Lipinski definition) is 4. The summed E-state index contributed by atoms with van der Waals surface area (Å²) in [5.41, 5.74) is 6.54. The third kappa shape index (κ3) is 9.18. The molecule has 0 saturated heterocycles. The van der Waals surface area contributed by atoms with Crippen LogP contribution in [0.25, 0.3) is 0 Å². The minimum atomic E-state index is 0.128. The molecule has 0 amide bonds. The Morgan fingerprint density at radius 2 is 1.11 bits per heavy atom. The van der Waals surface area contributed by atoms with Gasteiger partial charge in [-0.15, -0.1) is 0 Å². The molecule has 0 aliphatic heterocycles. The second-order valence-corrected chi connectivity index (χ2v) is 10.9. The third-order valence-electron chi connectivity index (χ3n) is 5.59. The van der Waals surface area contributed by atoms with Crippen LogP contribution >= 0.6 is 23.5 Å². The highest BCUT2D eigenvalue weighted by Crippen LogP contribution is 2.31. The first-order chi connectivity index (χ1) is 17.4. The quantitative estimate of drug-likeness (QED) is 0.248. The number of rotatable bonds is 7. The second kappa shape index (κ2) is 14.5. The molecule has 4 heteroatoms. The summed E-state index contributed by atoms with van der Waals surface area (Å²) in [5.74, 6) is 0.830. The molecule has 0 spiro atoms. The predicted molar refractivity (Wildman–Crippen MR) is 156 cm³/mol. The highest BCUT2D eigenvalue weighted by atomic mass is 32.2. The van der Waals surface area contributed by atoms with E-state index in [-0.39, 0.29) is 15.5 Å². The lowest BCUT2D eigenvalue weighted by molar-refractivity contribution is 0.108. The summed E-state index contributed by atoms with van der Waals surface area (Å²) in [6, 6.07) is 35.7. The number of carbonyl (C=O) groups excluding carboxylic acids is 2. The van der Waals surface area contributed by atoms with Crippen LogP contribution in [0.4, 0.5) is 0 Å². The molecule has 1 atom stereocenters. The summed E-state index contributed by atoms with van der Waals surface area (Å²) >= 11 is 2.76. The van der Waals surface area contributed by atoms with Crippen molar-refractivity contribution >= 4 is 33.8 Å². The Morgan fingerprint density at radius 3 is 1.64 bits per heavy atom. The minimum Gasteiger partial charge on any atom is -0.282 e. The van der Waals surface area contributed by atoms with Gasteiger partial charge in [-0.05, 0) is 38.3 Å². The SMILES string of the molecule is Cc1ccc(C(C)SC(=O)c2ccccc2)cc1.Cc1ccc(CCSC(=O)c2ccccc2)cc1. The third-order valence-corrected chi connectivity index (χ3v) is 7.58. The van der Waals surface area contributed by atoms with Gasteiger partial charge in [0.2, 0.25) is 10.2 Å². The maximum atomic E-state index is 12.1. The van der Waals surface area contributed by atoms with Crippen molar-refractivity contribution in [1.82, 2.24) is 0 Å². The van der Waals surface area contributed by atoms with Crippen LogP contribution in [0.2, 0.25) is 0 Å². The molecule has 0 N–H and O–H groups in total. The van der Waals surface area contributed by atoms with Crippen LogP contribution < -0.4 is 0 Å². The van der Waals surface area contributed by atoms with Crippen molar-refractivity contribution in [2.75, 3.05) is 5.75 Å². The first-order valence-corrected chi connectivity index (χ1v) is 13.9. The molecule has 0 radical (unpaired) electrons. The second-order valence-electron chi connectivity index (χ2n) is 8.56.